The quantitative estimate of drug-likeness (QED) is 0.539. The predicted molar refractivity (Wildman–Crippen MR) is 101 cm³/mol. The van der Waals surface area contributed by atoms with Crippen LogP contribution in [0.5, 0.6) is 0 Å². The first-order valence-electron chi connectivity index (χ1n) is 7.55. The molecule has 2 rings (SSSR count). The van der Waals surface area contributed by atoms with Crippen LogP contribution < -0.4 is 10.6 Å². The van der Waals surface area contributed by atoms with Gasteiger partial charge in [-0.25, -0.2) is 0 Å². The Kier molecular flexibility index (Phi) is 7.04. The Labute approximate surface area is 160 Å². The summed E-state index contributed by atoms with van der Waals surface area (Å²) in [7, 11) is 0. The fourth-order valence-corrected chi connectivity index (χ4v) is 2.69. The van der Waals surface area contributed by atoms with E-state index in [2.05, 4.69) is 10.6 Å². The summed E-state index contributed by atoms with van der Waals surface area (Å²) in [6, 6.07) is 13.5. The molecule has 0 unspecified atom stereocenters. The fraction of sp³-hybridized carbons (Fsp3) is 0.167. The molecule has 3 N–H and O–H groups in total. The van der Waals surface area contributed by atoms with Gasteiger partial charge in [-0.05, 0) is 42.2 Å². The molecule has 0 bridgehead atoms. The van der Waals surface area contributed by atoms with Gasteiger partial charge >= 0.3 is 11.8 Å². The first kappa shape index (κ1) is 19.8. The Hall–Kier alpha value is -2.53. The Morgan fingerprint density at radius 2 is 1.92 bits per heavy atom. The van der Waals surface area contributed by atoms with Crippen LogP contribution in [0.4, 0.5) is 5.69 Å². The summed E-state index contributed by atoms with van der Waals surface area (Å²) in [5.41, 5.74) is 0.961. The summed E-state index contributed by atoms with van der Waals surface area (Å²) in [6.45, 7) is -0.120. The number of thioether (sulfide) groups is 1. The number of nitriles is 1. The van der Waals surface area contributed by atoms with Crippen molar-refractivity contribution in [3.05, 3.63) is 58.6 Å². The lowest BCUT2D eigenvalue weighted by Gasteiger charge is -2.13. The molecule has 134 valence electrons. The van der Waals surface area contributed by atoms with Crippen molar-refractivity contribution in [1.29, 1.82) is 5.26 Å². The molecule has 0 saturated carbocycles. The van der Waals surface area contributed by atoms with Gasteiger partial charge in [-0.1, -0.05) is 23.7 Å². The van der Waals surface area contributed by atoms with E-state index in [9.17, 15) is 14.7 Å². The Balaban J connectivity index is 1.93. The maximum atomic E-state index is 12.0. The highest BCUT2D eigenvalue weighted by Gasteiger charge is 2.17. The monoisotopic (exact) mass is 389 g/mol. The zero-order valence-electron chi connectivity index (χ0n) is 13.8. The number of nitrogens with zero attached hydrogens (tertiary/aromatic N) is 1. The van der Waals surface area contributed by atoms with Crippen molar-refractivity contribution in [2.24, 2.45) is 0 Å². The molecule has 8 heteroatoms. The van der Waals surface area contributed by atoms with Crippen LogP contribution in [0.25, 0.3) is 0 Å². The maximum absolute atomic E-state index is 12.0. The van der Waals surface area contributed by atoms with Crippen LogP contribution in [0.15, 0.2) is 47.4 Å². The SMILES string of the molecule is CSc1ccc([C@@H](O)CNC(=O)C(=O)Nc2cc(Cl)ccc2C#N)cc1. The first-order valence-corrected chi connectivity index (χ1v) is 9.15. The van der Waals surface area contributed by atoms with E-state index in [1.807, 2.05) is 24.5 Å². The van der Waals surface area contributed by atoms with Crippen molar-refractivity contribution >= 4 is 40.9 Å². The van der Waals surface area contributed by atoms with Gasteiger partial charge in [0.25, 0.3) is 0 Å². The van der Waals surface area contributed by atoms with Crippen LogP contribution in [-0.2, 0) is 9.59 Å². The van der Waals surface area contributed by atoms with Crippen LogP contribution in [0.3, 0.4) is 0 Å². The number of hydrogen-bond donors (Lipinski definition) is 3. The summed E-state index contributed by atoms with van der Waals surface area (Å²) in [5, 5.41) is 24.2. The van der Waals surface area contributed by atoms with Gasteiger partial charge < -0.3 is 15.7 Å². The van der Waals surface area contributed by atoms with Crippen LogP contribution in [0.2, 0.25) is 5.02 Å². The summed E-state index contributed by atoms with van der Waals surface area (Å²) in [6.07, 6.45) is 1.01. The van der Waals surface area contributed by atoms with Gasteiger partial charge in [-0.2, -0.15) is 5.26 Å². The van der Waals surface area contributed by atoms with Crippen molar-refractivity contribution in [3.63, 3.8) is 0 Å². The Morgan fingerprint density at radius 1 is 1.23 bits per heavy atom. The summed E-state index contributed by atoms with van der Waals surface area (Å²) < 4.78 is 0. The fourth-order valence-electron chi connectivity index (χ4n) is 2.11. The zero-order valence-corrected chi connectivity index (χ0v) is 15.4. The number of aliphatic hydroxyl groups is 1. The molecule has 2 aromatic carbocycles. The average Bonchev–Trinajstić information content (AvgIpc) is 2.66. The molecule has 0 aliphatic carbocycles. The number of halogens is 1. The Bertz CT molecular complexity index is 850. The first-order chi connectivity index (χ1) is 12.4. The molecular weight excluding hydrogens is 374 g/mol. The number of anilines is 1. The van der Waals surface area contributed by atoms with Crippen molar-refractivity contribution < 1.29 is 14.7 Å². The second-order valence-corrected chi connectivity index (χ2v) is 6.57. The molecule has 0 saturated heterocycles. The molecule has 2 amide bonds. The minimum Gasteiger partial charge on any atom is -0.387 e. The molecule has 2 aromatic rings. The van der Waals surface area contributed by atoms with Crippen LogP contribution in [0.1, 0.15) is 17.2 Å². The molecule has 0 spiro atoms. The summed E-state index contributed by atoms with van der Waals surface area (Å²) >= 11 is 7.41. The average molecular weight is 390 g/mol. The van der Waals surface area contributed by atoms with Crippen molar-refractivity contribution in [1.82, 2.24) is 5.32 Å². The smallest absolute Gasteiger partial charge is 0.313 e. The molecule has 0 aromatic heterocycles. The minimum absolute atomic E-state index is 0.120. The molecular formula is C18H16ClN3O3S. The van der Waals surface area contributed by atoms with Gasteiger partial charge in [0.2, 0.25) is 0 Å². The number of hydrogen-bond acceptors (Lipinski definition) is 5. The van der Waals surface area contributed by atoms with E-state index in [4.69, 9.17) is 16.9 Å². The second kappa shape index (κ2) is 9.25. The normalized spacial score (nSPS) is 11.3. The highest BCUT2D eigenvalue weighted by molar-refractivity contribution is 7.98. The van der Waals surface area contributed by atoms with Crippen LogP contribution in [-0.4, -0.2) is 29.7 Å². The third-order valence-corrected chi connectivity index (χ3v) is 4.49. The van der Waals surface area contributed by atoms with Gasteiger partial charge in [0, 0.05) is 16.5 Å². The van der Waals surface area contributed by atoms with E-state index in [1.165, 1.54) is 18.2 Å². The number of nitrogens with one attached hydrogen (secondary N) is 2. The van der Waals surface area contributed by atoms with Crippen molar-refractivity contribution in [2.45, 2.75) is 11.0 Å². The third-order valence-electron chi connectivity index (χ3n) is 3.51. The molecule has 0 fully saturated rings. The van der Waals surface area contributed by atoms with Crippen molar-refractivity contribution in [2.75, 3.05) is 18.1 Å². The van der Waals surface area contributed by atoms with E-state index in [1.54, 1.807) is 23.9 Å². The number of carbonyl (C=O) groups excluding carboxylic acids is 2. The van der Waals surface area contributed by atoms with E-state index >= 15 is 0 Å². The lowest BCUT2D eigenvalue weighted by Crippen LogP contribution is -2.37. The molecule has 1 atom stereocenters. The summed E-state index contributed by atoms with van der Waals surface area (Å²) in [5.74, 6) is -1.87. The molecule has 26 heavy (non-hydrogen) atoms. The lowest BCUT2D eigenvalue weighted by atomic mass is 10.1. The maximum Gasteiger partial charge on any atom is 0.313 e. The van der Waals surface area contributed by atoms with Crippen molar-refractivity contribution in [3.8, 4) is 6.07 Å². The van der Waals surface area contributed by atoms with Gasteiger partial charge in [-0.15, -0.1) is 11.8 Å². The molecule has 0 aliphatic heterocycles. The van der Waals surface area contributed by atoms with E-state index in [0.717, 1.165) is 4.90 Å². The minimum atomic E-state index is -0.950. The van der Waals surface area contributed by atoms with E-state index < -0.39 is 17.9 Å². The highest BCUT2D eigenvalue weighted by atomic mass is 35.5. The zero-order chi connectivity index (χ0) is 19.1. The highest BCUT2D eigenvalue weighted by Crippen LogP contribution is 2.20. The van der Waals surface area contributed by atoms with Crippen LogP contribution >= 0.6 is 23.4 Å². The topological polar surface area (TPSA) is 102 Å². The van der Waals surface area contributed by atoms with E-state index in [0.29, 0.717) is 10.6 Å². The largest absolute Gasteiger partial charge is 0.387 e. The number of rotatable bonds is 5. The molecule has 6 nitrogen and oxygen atoms in total. The Morgan fingerprint density at radius 3 is 2.54 bits per heavy atom. The van der Waals surface area contributed by atoms with E-state index in [-0.39, 0.29) is 17.8 Å². The summed E-state index contributed by atoms with van der Waals surface area (Å²) in [4.78, 5) is 24.9. The molecule has 0 radical (unpaired) electrons. The van der Waals surface area contributed by atoms with Crippen LogP contribution in [0, 0.1) is 11.3 Å². The predicted octanol–water partition coefficient (Wildman–Crippen LogP) is 2.72. The number of benzene rings is 2. The van der Waals surface area contributed by atoms with Gasteiger partial charge in [-0.3, -0.25) is 9.59 Å². The van der Waals surface area contributed by atoms with Gasteiger partial charge in [0.05, 0.1) is 17.4 Å². The second-order valence-electron chi connectivity index (χ2n) is 5.25. The third kappa shape index (κ3) is 5.23. The molecule has 0 heterocycles. The number of amides is 2. The number of aliphatic hydroxyl groups excluding tert-OH is 1. The van der Waals surface area contributed by atoms with Gasteiger partial charge in [0.1, 0.15) is 6.07 Å². The van der Waals surface area contributed by atoms with Gasteiger partial charge in [0.15, 0.2) is 0 Å². The lowest BCUT2D eigenvalue weighted by molar-refractivity contribution is -0.136. The molecule has 0 aliphatic rings. The number of carbonyl (C=O) groups is 2. The standard InChI is InChI=1S/C18H16ClN3O3S/c1-26-14-6-3-11(4-7-14)16(23)10-21-17(24)18(25)22-15-8-13(19)5-2-12(15)9-20/h2-8,16,23H,10H2,1H3,(H,21,24)(H,22,25)/t16-/m0/s1.